The first-order valence-corrected chi connectivity index (χ1v) is 17.4. The van der Waals surface area contributed by atoms with Gasteiger partial charge in [0.1, 0.15) is 12.6 Å². The summed E-state index contributed by atoms with van der Waals surface area (Å²) in [6.45, 7) is 5.96. The summed E-state index contributed by atoms with van der Waals surface area (Å²) in [6, 6.07) is 3.65. The lowest BCUT2D eigenvalue weighted by Crippen LogP contribution is -2.58. The molecule has 1 aliphatic rings. The van der Waals surface area contributed by atoms with E-state index in [1.807, 2.05) is 26.8 Å². The van der Waals surface area contributed by atoms with Crippen LogP contribution in [0.2, 0.25) is 0 Å². The molecule has 14 heteroatoms. The molecule has 0 aromatic carbocycles. The number of hydroxylamine groups is 2. The van der Waals surface area contributed by atoms with Gasteiger partial charge in [0.15, 0.2) is 5.13 Å². The zero-order chi connectivity index (χ0) is 32.7. The number of amides is 4. The van der Waals surface area contributed by atoms with E-state index in [-0.39, 0.29) is 19.1 Å². The highest BCUT2D eigenvalue weighted by Crippen LogP contribution is 2.34. The number of hydrogen-bond donors (Lipinski definition) is 4. The van der Waals surface area contributed by atoms with Crippen molar-refractivity contribution in [3.63, 3.8) is 0 Å². The van der Waals surface area contributed by atoms with Gasteiger partial charge in [-0.1, -0.05) is 51.5 Å². The third-order valence-electron chi connectivity index (χ3n) is 7.97. The Hall–Kier alpha value is -3.23. The third-order valence-corrected chi connectivity index (χ3v) is 10.1. The van der Waals surface area contributed by atoms with E-state index >= 15 is 0 Å². The van der Waals surface area contributed by atoms with Gasteiger partial charge in [-0.2, -0.15) is 11.8 Å². The predicted octanol–water partition coefficient (Wildman–Crippen LogP) is 5.00. The number of ether oxygens (including phenoxy) is 1. The van der Waals surface area contributed by atoms with Crippen molar-refractivity contribution < 1.29 is 29.1 Å². The van der Waals surface area contributed by atoms with Gasteiger partial charge in [-0.05, 0) is 44.7 Å². The van der Waals surface area contributed by atoms with Crippen molar-refractivity contribution in [3.05, 3.63) is 41.7 Å². The first-order chi connectivity index (χ1) is 21.6. The maximum atomic E-state index is 14.1. The SMILES string of the molecule is CCC[C@@H]([C@@H](CC1CCCCC1)C(=O)N[C@H](C(=O)Nc1nccs1)C(C)(C)SCCNC(=O)OCc1ccccn1)N(O)C=O. The monoisotopic (exact) mass is 662 g/mol. The summed E-state index contributed by atoms with van der Waals surface area (Å²) in [5.74, 6) is -0.790. The van der Waals surface area contributed by atoms with Crippen LogP contribution in [0.1, 0.15) is 77.8 Å². The fraction of sp³-hybridized carbons (Fsp3) is 0.613. The van der Waals surface area contributed by atoms with Crippen LogP contribution in [0.5, 0.6) is 0 Å². The van der Waals surface area contributed by atoms with Gasteiger partial charge in [-0.15, -0.1) is 11.3 Å². The van der Waals surface area contributed by atoms with Crippen LogP contribution in [0, 0.1) is 11.8 Å². The Labute approximate surface area is 273 Å². The predicted molar refractivity (Wildman–Crippen MR) is 175 cm³/mol. The number of rotatable bonds is 18. The molecule has 1 saturated carbocycles. The number of carbonyl (C=O) groups is 4. The third kappa shape index (κ3) is 11.9. The Morgan fingerprint density at radius 2 is 1.96 bits per heavy atom. The molecule has 1 fully saturated rings. The average molecular weight is 663 g/mol. The topological polar surface area (TPSA) is 163 Å². The fourth-order valence-corrected chi connectivity index (χ4v) is 7.20. The summed E-state index contributed by atoms with van der Waals surface area (Å²) in [5.41, 5.74) is 0.633. The Morgan fingerprint density at radius 3 is 2.60 bits per heavy atom. The molecule has 2 aromatic rings. The highest BCUT2D eigenvalue weighted by Gasteiger charge is 2.41. The standard InChI is InChI=1S/C31H46N6O6S2/c1-4-10-25(37(42)21-38)24(19-22-11-6-5-7-12-22)27(39)35-26(28(40)36-29-33-15-17-44-29)31(2,3)45-18-16-34-30(41)43-20-23-13-8-9-14-32-23/h8-9,13-15,17,21-22,24-26,42H,4-7,10-12,16,18-20H2,1-3H3,(H,34,41)(H,35,39)(H,33,36,40)/t24-,25+,26-/m1/s1. The molecule has 0 spiro atoms. The van der Waals surface area contributed by atoms with Gasteiger partial charge in [0.05, 0.1) is 17.7 Å². The van der Waals surface area contributed by atoms with Crippen LogP contribution >= 0.6 is 23.1 Å². The van der Waals surface area contributed by atoms with Gasteiger partial charge in [-0.3, -0.25) is 24.6 Å². The smallest absolute Gasteiger partial charge is 0.407 e. The first kappa shape index (κ1) is 36.2. The van der Waals surface area contributed by atoms with Crippen molar-refractivity contribution in [1.82, 2.24) is 25.7 Å². The van der Waals surface area contributed by atoms with Crippen molar-refractivity contribution in [1.29, 1.82) is 0 Å². The summed E-state index contributed by atoms with van der Waals surface area (Å²) >= 11 is 2.68. The number of carbonyl (C=O) groups excluding carboxylic acids is 4. The molecule has 12 nitrogen and oxygen atoms in total. The van der Waals surface area contributed by atoms with Crippen LogP contribution in [0.4, 0.5) is 9.93 Å². The van der Waals surface area contributed by atoms with E-state index in [2.05, 4.69) is 25.9 Å². The molecule has 4 amide bonds. The van der Waals surface area contributed by atoms with Crippen LogP contribution in [0.15, 0.2) is 36.0 Å². The van der Waals surface area contributed by atoms with Crippen molar-refractivity contribution >= 4 is 52.5 Å². The Balaban J connectivity index is 1.71. The Bertz CT molecular complexity index is 1200. The number of anilines is 1. The van der Waals surface area contributed by atoms with Gasteiger partial charge in [-0.25, -0.2) is 14.8 Å². The Morgan fingerprint density at radius 1 is 1.18 bits per heavy atom. The largest absolute Gasteiger partial charge is 0.443 e. The van der Waals surface area contributed by atoms with Crippen molar-refractivity contribution in [2.24, 2.45) is 11.8 Å². The number of thiazole rings is 1. The highest BCUT2D eigenvalue weighted by molar-refractivity contribution is 8.00. The molecule has 0 radical (unpaired) electrons. The van der Waals surface area contributed by atoms with Crippen molar-refractivity contribution in [2.45, 2.75) is 95.6 Å². The fourth-order valence-electron chi connectivity index (χ4n) is 5.60. The molecule has 3 rings (SSSR count). The van der Waals surface area contributed by atoms with Crippen LogP contribution in [0.3, 0.4) is 0 Å². The minimum Gasteiger partial charge on any atom is -0.443 e. The molecule has 0 aliphatic heterocycles. The van der Waals surface area contributed by atoms with E-state index in [1.165, 1.54) is 23.1 Å². The summed E-state index contributed by atoms with van der Waals surface area (Å²) in [6.07, 6.45) is 9.90. The lowest BCUT2D eigenvalue weighted by atomic mass is 9.79. The number of hydrogen-bond acceptors (Lipinski definition) is 10. The first-order valence-electron chi connectivity index (χ1n) is 15.5. The minimum absolute atomic E-state index is 0.0484. The van der Waals surface area contributed by atoms with Crippen molar-refractivity contribution in [3.8, 4) is 0 Å². The lowest BCUT2D eigenvalue weighted by Gasteiger charge is -2.37. The lowest BCUT2D eigenvalue weighted by molar-refractivity contribution is -0.170. The van der Waals surface area contributed by atoms with Gasteiger partial charge in [0, 0.05) is 34.8 Å². The van der Waals surface area contributed by atoms with Gasteiger partial charge in [0.2, 0.25) is 18.2 Å². The van der Waals surface area contributed by atoms with E-state index in [4.69, 9.17) is 4.74 Å². The average Bonchev–Trinajstić information content (AvgIpc) is 3.56. The molecular weight excluding hydrogens is 617 g/mol. The number of nitrogens with one attached hydrogen (secondary N) is 3. The summed E-state index contributed by atoms with van der Waals surface area (Å²) in [7, 11) is 0. The van der Waals surface area contributed by atoms with Crippen LogP contribution < -0.4 is 16.0 Å². The van der Waals surface area contributed by atoms with E-state index in [9.17, 15) is 24.4 Å². The molecule has 0 unspecified atom stereocenters. The maximum absolute atomic E-state index is 14.1. The Kier molecular flexibility index (Phi) is 15.0. The van der Waals surface area contributed by atoms with E-state index in [0.29, 0.717) is 53.2 Å². The zero-order valence-corrected chi connectivity index (χ0v) is 27.9. The molecular formula is C31H46N6O6S2. The molecule has 2 aromatic heterocycles. The molecule has 45 heavy (non-hydrogen) atoms. The van der Waals surface area contributed by atoms with Gasteiger partial charge in [0.25, 0.3) is 0 Å². The molecule has 0 saturated heterocycles. The number of nitrogens with zero attached hydrogens (tertiary/aromatic N) is 3. The molecule has 248 valence electrons. The maximum Gasteiger partial charge on any atom is 0.407 e. The number of thioether (sulfide) groups is 1. The molecule has 1 aliphatic carbocycles. The second kappa shape index (κ2) is 18.7. The minimum atomic E-state index is -0.991. The second-order valence-electron chi connectivity index (χ2n) is 11.7. The van der Waals surface area contributed by atoms with E-state index in [0.717, 1.165) is 32.1 Å². The highest BCUT2D eigenvalue weighted by atomic mass is 32.2. The molecule has 4 N–H and O–H groups in total. The summed E-state index contributed by atoms with van der Waals surface area (Å²) in [4.78, 5) is 59.9. The van der Waals surface area contributed by atoms with E-state index < -0.39 is 34.7 Å². The molecule has 0 bridgehead atoms. The van der Waals surface area contributed by atoms with Crippen LogP contribution in [0.25, 0.3) is 0 Å². The second-order valence-corrected chi connectivity index (χ2v) is 14.4. The molecule has 2 heterocycles. The quantitative estimate of drug-likeness (QED) is 0.0745. The van der Waals surface area contributed by atoms with Gasteiger partial charge >= 0.3 is 6.09 Å². The number of aromatic nitrogens is 2. The number of alkyl carbamates (subject to hydrolysis) is 1. The normalized spacial score (nSPS) is 15.7. The number of pyridine rings is 1. The van der Waals surface area contributed by atoms with Crippen molar-refractivity contribution in [2.75, 3.05) is 17.6 Å². The van der Waals surface area contributed by atoms with Gasteiger partial charge < -0.3 is 20.7 Å². The zero-order valence-electron chi connectivity index (χ0n) is 26.3. The summed E-state index contributed by atoms with van der Waals surface area (Å²) < 4.78 is 4.40. The van der Waals surface area contributed by atoms with Crippen LogP contribution in [-0.4, -0.2) is 73.7 Å². The molecule has 3 atom stereocenters. The van der Waals surface area contributed by atoms with Crippen LogP contribution in [-0.2, 0) is 25.7 Å². The van der Waals surface area contributed by atoms with E-state index in [1.54, 1.807) is 29.9 Å². The summed E-state index contributed by atoms with van der Waals surface area (Å²) in [5, 5.41) is 21.8.